The van der Waals surface area contributed by atoms with Gasteiger partial charge in [0.05, 0.1) is 19.1 Å². The Hall–Kier alpha value is -1.59. The van der Waals surface area contributed by atoms with Crippen LogP contribution in [0.2, 0.25) is 0 Å². The fourth-order valence-corrected chi connectivity index (χ4v) is 1.64. The second kappa shape index (κ2) is 8.55. The van der Waals surface area contributed by atoms with Gasteiger partial charge >= 0.3 is 5.97 Å². The first-order valence-corrected chi connectivity index (χ1v) is 6.13. The molecule has 0 aromatic heterocycles. The summed E-state index contributed by atoms with van der Waals surface area (Å²) in [6.45, 7) is 3.74. The van der Waals surface area contributed by atoms with Gasteiger partial charge in [-0.15, -0.1) is 12.4 Å². The van der Waals surface area contributed by atoms with E-state index in [2.05, 4.69) is 5.32 Å². The SMILES string of the molecule is COC(=O)C(CNC(=O)[C@@H](C)N)c1ccc(C)cc1.Cl. The average Bonchev–Trinajstić information content (AvgIpc) is 2.40. The molecule has 1 aromatic carbocycles. The van der Waals surface area contributed by atoms with Crippen LogP contribution in [0.5, 0.6) is 0 Å². The predicted molar refractivity (Wildman–Crippen MR) is 79.8 cm³/mol. The molecule has 1 amide bonds. The lowest BCUT2D eigenvalue weighted by molar-refractivity contribution is -0.142. The number of rotatable bonds is 5. The molecule has 1 aromatic rings. The molecule has 5 nitrogen and oxygen atoms in total. The van der Waals surface area contributed by atoms with Gasteiger partial charge in [0, 0.05) is 6.54 Å². The van der Waals surface area contributed by atoms with Crippen molar-refractivity contribution in [1.82, 2.24) is 5.32 Å². The molecule has 6 heteroatoms. The molecule has 0 spiro atoms. The number of nitrogens with two attached hydrogens (primary N) is 1. The summed E-state index contributed by atoms with van der Waals surface area (Å²) < 4.78 is 4.77. The molecule has 0 bridgehead atoms. The zero-order valence-electron chi connectivity index (χ0n) is 11.9. The highest BCUT2D eigenvalue weighted by Gasteiger charge is 2.22. The number of carbonyl (C=O) groups excluding carboxylic acids is 2. The molecule has 1 unspecified atom stereocenters. The van der Waals surface area contributed by atoms with Gasteiger partial charge in [-0.05, 0) is 19.4 Å². The van der Waals surface area contributed by atoms with Crippen LogP contribution in [0.25, 0.3) is 0 Å². The van der Waals surface area contributed by atoms with Crippen molar-refractivity contribution in [2.45, 2.75) is 25.8 Å². The van der Waals surface area contributed by atoms with Crippen molar-refractivity contribution in [3.63, 3.8) is 0 Å². The lowest BCUT2D eigenvalue weighted by Gasteiger charge is -2.17. The Morgan fingerprint density at radius 1 is 1.30 bits per heavy atom. The van der Waals surface area contributed by atoms with Gasteiger partial charge in [0.25, 0.3) is 0 Å². The Kier molecular flexibility index (Phi) is 7.87. The van der Waals surface area contributed by atoms with E-state index in [1.165, 1.54) is 7.11 Å². The van der Waals surface area contributed by atoms with Gasteiger partial charge < -0.3 is 15.8 Å². The standard InChI is InChI=1S/C14H20N2O3.ClH/c1-9-4-6-11(7-5-9)12(14(18)19-3)8-16-13(17)10(2)15;/h4-7,10,12H,8,15H2,1-3H3,(H,16,17);1H/t10-,12?;/m1./s1. The average molecular weight is 301 g/mol. The van der Waals surface area contributed by atoms with Crippen molar-refractivity contribution in [2.75, 3.05) is 13.7 Å². The molecule has 0 saturated heterocycles. The number of esters is 1. The second-order valence-electron chi connectivity index (χ2n) is 4.52. The van der Waals surface area contributed by atoms with Crippen LogP contribution in [0.3, 0.4) is 0 Å². The number of carbonyl (C=O) groups is 2. The zero-order chi connectivity index (χ0) is 14.4. The number of halogens is 1. The van der Waals surface area contributed by atoms with Crippen molar-refractivity contribution in [2.24, 2.45) is 5.73 Å². The smallest absolute Gasteiger partial charge is 0.314 e. The van der Waals surface area contributed by atoms with Gasteiger partial charge in [0.2, 0.25) is 5.91 Å². The molecule has 2 atom stereocenters. The third-order valence-corrected chi connectivity index (χ3v) is 2.86. The minimum absolute atomic E-state index is 0. The van der Waals surface area contributed by atoms with Crippen LogP contribution in [-0.2, 0) is 14.3 Å². The van der Waals surface area contributed by atoms with Gasteiger partial charge in [0.1, 0.15) is 0 Å². The van der Waals surface area contributed by atoms with E-state index in [0.29, 0.717) is 0 Å². The molecule has 0 aliphatic carbocycles. The lowest BCUT2D eigenvalue weighted by Crippen LogP contribution is -2.41. The van der Waals surface area contributed by atoms with Crippen LogP contribution in [0.4, 0.5) is 0 Å². The van der Waals surface area contributed by atoms with Crippen molar-refractivity contribution >= 4 is 24.3 Å². The summed E-state index contributed by atoms with van der Waals surface area (Å²) in [6.07, 6.45) is 0. The first-order valence-electron chi connectivity index (χ1n) is 6.13. The molecule has 0 heterocycles. The molecule has 20 heavy (non-hydrogen) atoms. The zero-order valence-corrected chi connectivity index (χ0v) is 12.7. The Bertz CT molecular complexity index is 446. The topological polar surface area (TPSA) is 81.4 Å². The van der Waals surface area contributed by atoms with Gasteiger partial charge in [-0.1, -0.05) is 29.8 Å². The number of ether oxygens (including phenoxy) is 1. The van der Waals surface area contributed by atoms with E-state index >= 15 is 0 Å². The van der Waals surface area contributed by atoms with Crippen LogP contribution in [0.15, 0.2) is 24.3 Å². The van der Waals surface area contributed by atoms with E-state index in [-0.39, 0.29) is 30.8 Å². The third kappa shape index (κ3) is 5.19. The van der Waals surface area contributed by atoms with Crippen LogP contribution in [0.1, 0.15) is 24.0 Å². The number of aryl methyl sites for hydroxylation is 1. The summed E-state index contributed by atoms with van der Waals surface area (Å²) in [4.78, 5) is 23.2. The highest BCUT2D eigenvalue weighted by Crippen LogP contribution is 2.17. The highest BCUT2D eigenvalue weighted by molar-refractivity contribution is 5.85. The Morgan fingerprint density at radius 2 is 1.85 bits per heavy atom. The maximum atomic E-state index is 11.8. The maximum Gasteiger partial charge on any atom is 0.314 e. The number of hydrogen-bond donors (Lipinski definition) is 2. The number of methoxy groups -OCH3 is 1. The lowest BCUT2D eigenvalue weighted by atomic mass is 9.98. The fraction of sp³-hybridized carbons (Fsp3) is 0.429. The normalized spacial score (nSPS) is 12.8. The first kappa shape index (κ1) is 18.4. The van der Waals surface area contributed by atoms with Crippen LogP contribution in [-0.4, -0.2) is 31.6 Å². The number of amides is 1. The molecule has 0 radical (unpaired) electrons. The van der Waals surface area contributed by atoms with Crippen molar-refractivity contribution < 1.29 is 14.3 Å². The highest BCUT2D eigenvalue weighted by atomic mass is 35.5. The Morgan fingerprint density at radius 3 is 2.30 bits per heavy atom. The first-order chi connectivity index (χ1) is 8.95. The van der Waals surface area contributed by atoms with E-state index in [4.69, 9.17) is 10.5 Å². The molecular formula is C14H21ClN2O3. The fourth-order valence-electron chi connectivity index (χ4n) is 1.64. The van der Waals surface area contributed by atoms with Gasteiger partial charge in [-0.25, -0.2) is 0 Å². The van der Waals surface area contributed by atoms with Crippen molar-refractivity contribution in [3.8, 4) is 0 Å². The van der Waals surface area contributed by atoms with Crippen molar-refractivity contribution in [3.05, 3.63) is 35.4 Å². The van der Waals surface area contributed by atoms with E-state index in [1.54, 1.807) is 6.92 Å². The Labute approximate surface area is 125 Å². The summed E-state index contributed by atoms with van der Waals surface area (Å²) in [5.74, 6) is -1.19. The largest absolute Gasteiger partial charge is 0.468 e. The summed E-state index contributed by atoms with van der Waals surface area (Å²) in [5.41, 5.74) is 7.37. The molecule has 0 fully saturated rings. The summed E-state index contributed by atoms with van der Waals surface area (Å²) in [5, 5.41) is 2.65. The van der Waals surface area contributed by atoms with Crippen molar-refractivity contribution in [1.29, 1.82) is 0 Å². The monoisotopic (exact) mass is 300 g/mol. The number of benzene rings is 1. The molecular weight excluding hydrogens is 280 g/mol. The number of nitrogens with one attached hydrogen (secondary N) is 1. The number of hydrogen-bond acceptors (Lipinski definition) is 4. The van der Waals surface area contributed by atoms with Crippen LogP contribution >= 0.6 is 12.4 Å². The van der Waals surface area contributed by atoms with Gasteiger partial charge in [-0.2, -0.15) is 0 Å². The van der Waals surface area contributed by atoms with E-state index in [9.17, 15) is 9.59 Å². The third-order valence-electron chi connectivity index (χ3n) is 2.86. The minimum atomic E-state index is -0.601. The summed E-state index contributed by atoms with van der Waals surface area (Å²) in [6, 6.07) is 6.94. The summed E-state index contributed by atoms with van der Waals surface area (Å²) >= 11 is 0. The molecule has 1 rings (SSSR count). The second-order valence-corrected chi connectivity index (χ2v) is 4.52. The summed E-state index contributed by atoms with van der Waals surface area (Å²) in [7, 11) is 1.33. The molecule has 0 aliphatic heterocycles. The minimum Gasteiger partial charge on any atom is -0.468 e. The molecule has 3 N–H and O–H groups in total. The van der Waals surface area contributed by atoms with E-state index in [1.807, 2.05) is 31.2 Å². The Balaban J connectivity index is 0.00000361. The van der Waals surface area contributed by atoms with Crippen LogP contribution < -0.4 is 11.1 Å². The van der Waals surface area contributed by atoms with Gasteiger partial charge in [-0.3, -0.25) is 9.59 Å². The molecule has 0 saturated carbocycles. The van der Waals surface area contributed by atoms with Gasteiger partial charge in [0.15, 0.2) is 0 Å². The molecule has 112 valence electrons. The van der Waals surface area contributed by atoms with E-state index in [0.717, 1.165) is 11.1 Å². The van der Waals surface area contributed by atoms with E-state index < -0.39 is 12.0 Å². The predicted octanol–water partition coefficient (Wildman–Crippen LogP) is 1.14. The quantitative estimate of drug-likeness (QED) is 0.799. The molecule has 0 aliphatic rings. The maximum absolute atomic E-state index is 11.8. The van der Waals surface area contributed by atoms with Crippen LogP contribution in [0, 0.1) is 6.92 Å².